The fraction of sp³-hybridized carbons (Fsp3) is 0.467. The predicted octanol–water partition coefficient (Wildman–Crippen LogP) is 4.04. The summed E-state index contributed by atoms with van der Waals surface area (Å²) in [6.07, 6.45) is 7.15. The number of alkyl halides is 2. The lowest BCUT2D eigenvalue weighted by molar-refractivity contribution is -0.149. The fourth-order valence-corrected chi connectivity index (χ4v) is 8.49. The van der Waals surface area contributed by atoms with Crippen molar-refractivity contribution in [2.45, 2.75) is 61.8 Å². The Balaban J connectivity index is 1.08. The Hall–Kier alpha value is -3.25. The van der Waals surface area contributed by atoms with E-state index < -0.39 is 36.8 Å². The van der Waals surface area contributed by atoms with Gasteiger partial charge < -0.3 is 24.9 Å². The maximum Gasteiger partial charge on any atom is 0.399 e. The first kappa shape index (κ1) is 29.5. The number of hydrogen-bond acceptors (Lipinski definition) is 6. The van der Waals surface area contributed by atoms with Crippen LogP contribution in [0, 0.1) is 11.8 Å². The average Bonchev–Trinajstić information content (AvgIpc) is 3.33. The van der Waals surface area contributed by atoms with Crippen LogP contribution in [0.1, 0.15) is 58.8 Å². The molecule has 1 saturated carbocycles. The standard InChI is InChI=1S/C30H31F2N4O6PS/c31-30(32,43(40,41)42)21-3-6-25-19(9-21)12-26(44-25)27(37)34-23-11-18-8-17(18)10-22-4-5-24(36(22)28(23)38)29(39)35-14-20(15-35)16-2-1-7-33-13-16/h1-3,6-7,9,12-13,17-18,20,22-24H,4-5,8,10-11,14-15H2,(H,34,37)(H2,40,41,42)/t17-,18+,22+,23-,24-/m0/s1. The number of carbonyl (C=O) groups excluding carboxylic acids is 3. The Morgan fingerprint density at radius 1 is 1.07 bits per heavy atom. The number of amides is 3. The molecule has 1 aromatic carbocycles. The number of benzene rings is 1. The summed E-state index contributed by atoms with van der Waals surface area (Å²) in [4.78, 5) is 67.2. The van der Waals surface area contributed by atoms with Crippen molar-refractivity contribution in [3.05, 3.63) is 64.8 Å². The summed E-state index contributed by atoms with van der Waals surface area (Å²) in [6, 6.07) is 7.01. The highest BCUT2D eigenvalue weighted by Gasteiger charge is 2.53. The molecule has 10 nitrogen and oxygen atoms in total. The first-order valence-electron chi connectivity index (χ1n) is 14.7. The molecule has 4 aliphatic rings. The molecule has 2 aromatic heterocycles. The van der Waals surface area contributed by atoms with Gasteiger partial charge in [0.25, 0.3) is 5.91 Å². The van der Waals surface area contributed by atoms with E-state index in [-0.39, 0.29) is 34.0 Å². The molecule has 0 spiro atoms. The first-order valence-corrected chi connectivity index (χ1v) is 17.1. The summed E-state index contributed by atoms with van der Waals surface area (Å²) in [5, 5.41) is 3.11. The minimum atomic E-state index is -5.75. The van der Waals surface area contributed by atoms with Gasteiger partial charge in [-0.15, -0.1) is 11.3 Å². The number of hydrogen-bond donors (Lipinski definition) is 3. The molecule has 5 atom stereocenters. The maximum absolute atomic E-state index is 14.3. The third-order valence-corrected chi connectivity index (χ3v) is 11.7. The monoisotopic (exact) mass is 644 g/mol. The van der Waals surface area contributed by atoms with E-state index in [1.807, 2.05) is 18.3 Å². The second-order valence-corrected chi connectivity index (χ2v) is 15.2. The van der Waals surface area contributed by atoms with Gasteiger partial charge in [-0.3, -0.25) is 23.9 Å². The summed E-state index contributed by atoms with van der Waals surface area (Å²) < 4.78 is 40.4. The van der Waals surface area contributed by atoms with E-state index in [1.165, 1.54) is 12.1 Å². The van der Waals surface area contributed by atoms with Crippen molar-refractivity contribution in [2.24, 2.45) is 11.8 Å². The van der Waals surface area contributed by atoms with Crippen LogP contribution < -0.4 is 5.32 Å². The smallest absolute Gasteiger partial charge is 0.340 e. The van der Waals surface area contributed by atoms with Crippen LogP contribution in [0.25, 0.3) is 10.1 Å². The zero-order valence-electron chi connectivity index (χ0n) is 23.5. The van der Waals surface area contributed by atoms with Crippen molar-refractivity contribution in [2.75, 3.05) is 13.1 Å². The van der Waals surface area contributed by atoms with Crippen LogP contribution in [0.3, 0.4) is 0 Å². The molecule has 0 unspecified atom stereocenters. The van der Waals surface area contributed by atoms with Crippen molar-refractivity contribution in [1.29, 1.82) is 0 Å². The molecule has 3 saturated heterocycles. The van der Waals surface area contributed by atoms with Gasteiger partial charge in [0, 0.05) is 47.7 Å². The minimum Gasteiger partial charge on any atom is -0.340 e. The molecule has 0 bridgehead atoms. The number of thiophene rings is 1. The predicted molar refractivity (Wildman–Crippen MR) is 157 cm³/mol. The van der Waals surface area contributed by atoms with Gasteiger partial charge in [0.05, 0.1) is 4.88 Å². The van der Waals surface area contributed by atoms with E-state index >= 15 is 0 Å². The van der Waals surface area contributed by atoms with Crippen LogP contribution in [-0.4, -0.2) is 73.5 Å². The highest BCUT2D eigenvalue weighted by atomic mass is 32.1. The van der Waals surface area contributed by atoms with Crippen LogP contribution in [-0.2, 0) is 19.8 Å². The lowest BCUT2D eigenvalue weighted by atomic mass is 9.92. The van der Waals surface area contributed by atoms with Crippen LogP contribution in [0.5, 0.6) is 0 Å². The topological polar surface area (TPSA) is 140 Å². The van der Waals surface area contributed by atoms with E-state index in [0.29, 0.717) is 42.5 Å². The molecule has 3 amide bonds. The molecule has 3 aliphatic heterocycles. The Morgan fingerprint density at radius 2 is 1.84 bits per heavy atom. The Bertz CT molecular complexity index is 1690. The van der Waals surface area contributed by atoms with E-state index in [4.69, 9.17) is 9.79 Å². The molecule has 44 heavy (non-hydrogen) atoms. The number of halogens is 2. The van der Waals surface area contributed by atoms with E-state index in [2.05, 4.69) is 10.3 Å². The van der Waals surface area contributed by atoms with Crippen molar-refractivity contribution >= 4 is 46.7 Å². The van der Waals surface area contributed by atoms with E-state index in [9.17, 15) is 27.7 Å². The van der Waals surface area contributed by atoms with Crippen molar-refractivity contribution < 1.29 is 37.5 Å². The van der Waals surface area contributed by atoms with Gasteiger partial charge in [-0.1, -0.05) is 12.1 Å². The Kier molecular flexibility index (Phi) is 7.15. The van der Waals surface area contributed by atoms with Gasteiger partial charge in [0.15, 0.2) is 0 Å². The van der Waals surface area contributed by atoms with Gasteiger partial charge in [0.1, 0.15) is 12.1 Å². The number of rotatable bonds is 6. The van der Waals surface area contributed by atoms with Crippen molar-refractivity contribution in [1.82, 2.24) is 20.1 Å². The van der Waals surface area contributed by atoms with Gasteiger partial charge in [-0.2, -0.15) is 8.78 Å². The molecule has 1 aliphatic carbocycles. The van der Waals surface area contributed by atoms with Crippen LogP contribution >= 0.6 is 18.9 Å². The minimum absolute atomic E-state index is 0.0556. The largest absolute Gasteiger partial charge is 0.399 e. The van der Waals surface area contributed by atoms with Gasteiger partial charge in [-0.05, 0) is 79.2 Å². The van der Waals surface area contributed by atoms with Crippen LogP contribution in [0.4, 0.5) is 8.78 Å². The number of nitrogens with zero attached hydrogens (tertiary/aromatic N) is 3. The zero-order chi connectivity index (χ0) is 31.0. The van der Waals surface area contributed by atoms with E-state index in [0.717, 1.165) is 48.3 Å². The summed E-state index contributed by atoms with van der Waals surface area (Å²) >= 11 is 1.04. The van der Waals surface area contributed by atoms with Crippen LogP contribution in [0.2, 0.25) is 0 Å². The Labute approximate surface area is 255 Å². The summed E-state index contributed by atoms with van der Waals surface area (Å²) in [5.41, 5.74) is -4.13. The normalized spacial score (nSPS) is 27.3. The quantitative estimate of drug-likeness (QED) is 0.344. The molecule has 14 heteroatoms. The summed E-state index contributed by atoms with van der Waals surface area (Å²) in [5.74, 6) is 0.113. The van der Waals surface area contributed by atoms with Crippen molar-refractivity contribution in [3.8, 4) is 0 Å². The lowest BCUT2D eigenvalue weighted by Gasteiger charge is -2.43. The molecular weight excluding hydrogens is 613 g/mol. The molecule has 4 fully saturated rings. The Morgan fingerprint density at radius 3 is 2.57 bits per heavy atom. The lowest BCUT2D eigenvalue weighted by Crippen LogP contribution is -2.59. The molecule has 3 N–H and O–H groups in total. The van der Waals surface area contributed by atoms with Gasteiger partial charge in [0.2, 0.25) is 11.8 Å². The number of aromatic nitrogens is 1. The number of nitrogens with one attached hydrogen (secondary N) is 1. The second kappa shape index (κ2) is 10.7. The highest BCUT2D eigenvalue weighted by Crippen LogP contribution is 2.59. The molecule has 0 radical (unpaired) electrons. The SMILES string of the molecule is O=C(N[C@H]1C[C@H]2C[C@H]2C[C@H]2CC[C@@H](C(=O)N3CC(c4cccnc4)C3)N2C1=O)c1cc2cc(C(F)(F)P(=O)(O)O)ccc2s1. The number of fused-ring (bicyclic) bond motifs is 3. The molecule has 232 valence electrons. The van der Waals surface area contributed by atoms with Gasteiger partial charge in [-0.25, -0.2) is 0 Å². The molecule has 3 aromatic rings. The third kappa shape index (κ3) is 5.13. The average molecular weight is 645 g/mol. The first-order chi connectivity index (χ1) is 20.9. The van der Waals surface area contributed by atoms with Crippen LogP contribution in [0.15, 0.2) is 48.8 Å². The highest BCUT2D eigenvalue weighted by molar-refractivity contribution is 7.52. The zero-order valence-corrected chi connectivity index (χ0v) is 25.2. The number of likely N-dealkylation sites (tertiary alicyclic amines) is 1. The number of pyridine rings is 1. The maximum atomic E-state index is 14.3. The second-order valence-electron chi connectivity index (χ2n) is 12.4. The summed E-state index contributed by atoms with van der Waals surface area (Å²) in [7, 11) is -5.75. The third-order valence-electron chi connectivity index (χ3n) is 9.63. The van der Waals surface area contributed by atoms with Crippen molar-refractivity contribution in [3.63, 3.8) is 0 Å². The molecular formula is C30H31F2N4O6PS. The van der Waals surface area contributed by atoms with Gasteiger partial charge >= 0.3 is 13.3 Å². The number of carbonyl (C=O) groups is 3. The van der Waals surface area contributed by atoms with E-state index in [1.54, 1.807) is 16.0 Å². The molecule has 5 heterocycles. The fourth-order valence-electron chi connectivity index (χ4n) is 7.07. The summed E-state index contributed by atoms with van der Waals surface area (Å²) in [6.45, 7) is 1.15. The molecule has 7 rings (SSSR count).